The Balaban J connectivity index is 1.88. The van der Waals surface area contributed by atoms with Crippen LogP contribution in [-0.4, -0.2) is 14.8 Å². The van der Waals surface area contributed by atoms with Gasteiger partial charge in [-0.3, -0.25) is 4.79 Å². The molecule has 0 radical (unpaired) electrons. The standard InChI is InChI=1S/C15H9BrF3N3O2/c16-10-5-3-9(4-6-10)13-21-20-12(24-13)8-22-7-1-2-11(14(22)23)15(17,18)19/h1-7H,8H2. The Labute approximate surface area is 141 Å². The number of nitrogens with zero attached hydrogens (tertiary/aromatic N) is 3. The van der Waals surface area contributed by atoms with Crippen LogP contribution in [0.25, 0.3) is 11.5 Å². The van der Waals surface area contributed by atoms with Gasteiger partial charge in [-0.15, -0.1) is 10.2 Å². The zero-order chi connectivity index (χ0) is 17.3. The van der Waals surface area contributed by atoms with Gasteiger partial charge in [0.25, 0.3) is 5.56 Å². The van der Waals surface area contributed by atoms with Gasteiger partial charge >= 0.3 is 6.18 Å². The quantitative estimate of drug-likeness (QED) is 0.673. The lowest BCUT2D eigenvalue weighted by molar-refractivity contribution is -0.138. The van der Waals surface area contributed by atoms with E-state index in [0.29, 0.717) is 5.56 Å². The first-order valence-electron chi connectivity index (χ1n) is 6.69. The van der Waals surface area contributed by atoms with Crippen molar-refractivity contribution in [1.82, 2.24) is 14.8 Å². The molecule has 0 aliphatic heterocycles. The Bertz CT molecular complexity index is 917. The van der Waals surface area contributed by atoms with Crippen molar-refractivity contribution < 1.29 is 17.6 Å². The molecule has 0 bridgehead atoms. The first-order chi connectivity index (χ1) is 11.3. The molecule has 124 valence electrons. The van der Waals surface area contributed by atoms with E-state index in [4.69, 9.17) is 4.42 Å². The van der Waals surface area contributed by atoms with E-state index in [1.165, 1.54) is 6.20 Å². The molecule has 5 nitrogen and oxygen atoms in total. The molecule has 0 saturated carbocycles. The molecule has 3 aromatic rings. The predicted molar refractivity (Wildman–Crippen MR) is 82.2 cm³/mol. The molecule has 3 rings (SSSR count). The molecule has 0 atom stereocenters. The predicted octanol–water partition coefficient (Wildman–Crippen LogP) is 3.73. The number of benzene rings is 1. The maximum atomic E-state index is 12.8. The number of pyridine rings is 1. The number of hydrogen-bond donors (Lipinski definition) is 0. The summed E-state index contributed by atoms with van der Waals surface area (Å²) < 4.78 is 45.4. The fourth-order valence-corrected chi connectivity index (χ4v) is 2.31. The van der Waals surface area contributed by atoms with Gasteiger partial charge in [0.2, 0.25) is 11.8 Å². The molecule has 2 heterocycles. The molecule has 0 aliphatic rings. The Hall–Kier alpha value is -2.42. The Morgan fingerprint density at radius 2 is 1.83 bits per heavy atom. The summed E-state index contributed by atoms with van der Waals surface area (Å²) in [5.41, 5.74) is -1.74. The van der Waals surface area contributed by atoms with E-state index >= 15 is 0 Å². The second-order valence-corrected chi connectivity index (χ2v) is 5.78. The maximum Gasteiger partial charge on any atom is 0.421 e. The molecule has 0 N–H and O–H groups in total. The highest BCUT2D eigenvalue weighted by atomic mass is 79.9. The number of aromatic nitrogens is 3. The smallest absolute Gasteiger partial charge is 0.419 e. The fourth-order valence-electron chi connectivity index (χ4n) is 2.05. The summed E-state index contributed by atoms with van der Waals surface area (Å²) in [6.07, 6.45) is -3.47. The van der Waals surface area contributed by atoms with Gasteiger partial charge in [-0.25, -0.2) is 0 Å². The summed E-state index contributed by atoms with van der Waals surface area (Å²) in [6, 6.07) is 8.96. The van der Waals surface area contributed by atoms with Gasteiger partial charge in [0, 0.05) is 16.2 Å². The van der Waals surface area contributed by atoms with Crippen molar-refractivity contribution in [3.63, 3.8) is 0 Å². The zero-order valence-electron chi connectivity index (χ0n) is 11.9. The van der Waals surface area contributed by atoms with Gasteiger partial charge in [-0.05, 0) is 36.4 Å². The summed E-state index contributed by atoms with van der Waals surface area (Å²) >= 11 is 3.30. The molecule has 0 spiro atoms. The second-order valence-electron chi connectivity index (χ2n) is 4.86. The lowest BCUT2D eigenvalue weighted by atomic mass is 10.2. The van der Waals surface area contributed by atoms with Crippen molar-refractivity contribution in [1.29, 1.82) is 0 Å². The van der Waals surface area contributed by atoms with Crippen LogP contribution in [0.3, 0.4) is 0 Å². The van der Waals surface area contributed by atoms with E-state index in [1.54, 1.807) is 24.3 Å². The number of halogens is 4. The maximum absolute atomic E-state index is 12.8. The van der Waals surface area contributed by atoms with E-state index in [1.807, 2.05) is 0 Å². The third-order valence-electron chi connectivity index (χ3n) is 3.19. The zero-order valence-corrected chi connectivity index (χ0v) is 13.5. The van der Waals surface area contributed by atoms with Gasteiger partial charge < -0.3 is 8.98 Å². The molecule has 0 fully saturated rings. The Morgan fingerprint density at radius 3 is 2.50 bits per heavy atom. The molecular weight excluding hydrogens is 391 g/mol. The van der Waals surface area contributed by atoms with Crippen LogP contribution in [0, 0.1) is 0 Å². The molecular formula is C15H9BrF3N3O2. The van der Waals surface area contributed by atoms with Gasteiger partial charge in [0.05, 0.1) is 0 Å². The largest absolute Gasteiger partial charge is 0.421 e. The molecule has 1 aromatic carbocycles. The number of alkyl halides is 3. The molecule has 2 aromatic heterocycles. The highest BCUT2D eigenvalue weighted by Gasteiger charge is 2.34. The minimum atomic E-state index is -4.71. The monoisotopic (exact) mass is 399 g/mol. The summed E-state index contributed by atoms with van der Waals surface area (Å²) in [5.74, 6) is 0.256. The normalized spacial score (nSPS) is 11.7. The lowest BCUT2D eigenvalue weighted by Crippen LogP contribution is -2.28. The number of hydrogen-bond acceptors (Lipinski definition) is 4. The summed E-state index contributed by atoms with van der Waals surface area (Å²) in [5, 5.41) is 7.62. The summed E-state index contributed by atoms with van der Waals surface area (Å²) in [7, 11) is 0. The Morgan fingerprint density at radius 1 is 1.12 bits per heavy atom. The SMILES string of the molecule is O=c1c(C(F)(F)F)cccn1Cc1nnc(-c2ccc(Br)cc2)o1. The lowest BCUT2D eigenvalue weighted by Gasteiger charge is -2.08. The number of rotatable bonds is 3. The van der Waals surface area contributed by atoms with E-state index in [9.17, 15) is 18.0 Å². The average Bonchev–Trinajstić information content (AvgIpc) is 2.97. The van der Waals surface area contributed by atoms with Crippen LogP contribution in [0.4, 0.5) is 13.2 Å². The van der Waals surface area contributed by atoms with Crippen LogP contribution < -0.4 is 5.56 Å². The van der Waals surface area contributed by atoms with Gasteiger partial charge in [-0.1, -0.05) is 15.9 Å². The van der Waals surface area contributed by atoms with Crippen molar-refractivity contribution in [2.75, 3.05) is 0 Å². The third kappa shape index (κ3) is 3.40. The van der Waals surface area contributed by atoms with Gasteiger partial charge in [0.1, 0.15) is 12.1 Å². The van der Waals surface area contributed by atoms with Crippen molar-refractivity contribution in [2.45, 2.75) is 12.7 Å². The molecule has 0 aliphatic carbocycles. The third-order valence-corrected chi connectivity index (χ3v) is 3.72. The molecule has 24 heavy (non-hydrogen) atoms. The first-order valence-corrected chi connectivity index (χ1v) is 7.49. The fraction of sp³-hybridized carbons (Fsp3) is 0.133. The minimum absolute atomic E-state index is 0.0364. The first kappa shape index (κ1) is 16.4. The van der Waals surface area contributed by atoms with Crippen LogP contribution in [-0.2, 0) is 12.7 Å². The molecule has 0 unspecified atom stereocenters. The van der Waals surface area contributed by atoms with Gasteiger partial charge in [0.15, 0.2) is 0 Å². The Kier molecular flexibility index (Phi) is 4.27. The molecule has 0 amide bonds. The van der Waals surface area contributed by atoms with E-state index < -0.39 is 17.3 Å². The van der Waals surface area contributed by atoms with Crippen molar-refractivity contribution in [3.8, 4) is 11.5 Å². The van der Waals surface area contributed by atoms with Crippen molar-refractivity contribution >= 4 is 15.9 Å². The van der Waals surface area contributed by atoms with Crippen LogP contribution in [0.15, 0.2) is 56.3 Å². The van der Waals surface area contributed by atoms with E-state index in [2.05, 4.69) is 26.1 Å². The topological polar surface area (TPSA) is 60.9 Å². The van der Waals surface area contributed by atoms with Crippen LogP contribution in [0.5, 0.6) is 0 Å². The van der Waals surface area contributed by atoms with Gasteiger partial charge in [-0.2, -0.15) is 13.2 Å². The highest BCUT2D eigenvalue weighted by molar-refractivity contribution is 9.10. The molecule has 9 heteroatoms. The van der Waals surface area contributed by atoms with Crippen molar-refractivity contribution in [2.24, 2.45) is 0 Å². The van der Waals surface area contributed by atoms with Crippen LogP contribution in [0.2, 0.25) is 0 Å². The average molecular weight is 400 g/mol. The van der Waals surface area contributed by atoms with Crippen molar-refractivity contribution in [3.05, 3.63) is 68.9 Å². The summed E-state index contributed by atoms with van der Waals surface area (Å²) in [6.45, 7) is -0.244. The highest BCUT2D eigenvalue weighted by Crippen LogP contribution is 2.26. The molecule has 0 saturated heterocycles. The summed E-state index contributed by atoms with van der Waals surface area (Å²) in [4.78, 5) is 11.9. The van der Waals surface area contributed by atoms with Crippen LogP contribution in [0.1, 0.15) is 11.5 Å². The van der Waals surface area contributed by atoms with Crippen LogP contribution >= 0.6 is 15.9 Å². The minimum Gasteiger partial charge on any atom is -0.419 e. The van der Waals surface area contributed by atoms with E-state index in [-0.39, 0.29) is 18.3 Å². The second kappa shape index (κ2) is 6.23. The van der Waals surface area contributed by atoms with E-state index in [0.717, 1.165) is 21.2 Å².